The van der Waals surface area contributed by atoms with Gasteiger partial charge in [0.15, 0.2) is 5.44 Å². The van der Waals surface area contributed by atoms with Crippen LogP contribution >= 0.6 is 7.60 Å². The molecule has 0 unspecified atom stereocenters. The maximum atomic E-state index is 12.9. The van der Waals surface area contributed by atoms with E-state index in [4.69, 9.17) is 13.8 Å². The van der Waals surface area contributed by atoms with Crippen LogP contribution in [0, 0.1) is 0 Å². The van der Waals surface area contributed by atoms with E-state index in [9.17, 15) is 4.57 Å². The summed E-state index contributed by atoms with van der Waals surface area (Å²) in [5, 5.41) is 6.73. The number of hydrogen-bond acceptors (Lipinski definition) is 5. The minimum atomic E-state index is -3.40. The topological polar surface area (TPSA) is 73.4 Å². The second-order valence-electron chi connectivity index (χ2n) is 4.19. The Morgan fingerprint density at radius 3 is 2.29 bits per heavy atom. The van der Waals surface area contributed by atoms with E-state index in [2.05, 4.69) is 10.2 Å². The van der Waals surface area contributed by atoms with Gasteiger partial charge in [0.25, 0.3) is 0 Å². The third-order valence-corrected chi connectivity index (χ3v) is 4.98. The van der Waals surface area contributed by atoms with Crippen molar-refractivity contribution in [3.8, 4) is 16.9 Å². The van der Waals surface area contributed by atoms with Crippen molar-refractivity contribution >= 4 is 13.0 Å². The van der Waals surface area contributed by atoms with Crippen LogP contribution in [0.25, 0.3) is 11.1 Å². The van der Waals surface area contributed by atoms with Crippen LogP contribution in [0.15, 0.2) is 30.5 Å². The smallest absolute Gasteiger partial charge is 0.379 e. The molecule has 0 spiro atoms. The van der Waals surface area contributed by atoms with Crippen molar-refractivity contribution in [1.29, 1.82) is 0 Å². The molecule has 7 heteroatoms. The summed E-state index contributed by atoms with van der Waals surface area (Å²) in [6.07, 6.45) is 1.61. The second kappa shape index (κ2) is 6.89. The lowest BCUT2D eigenvalue weighted by atomic mass is 10.1. The first-order chi connectivity index (χ1) is 10.1. The molecule has 0 atom stereocenters. The largest absolute Gasteiger partial charge is 0.497 e. The number of hydrogen-bond donors (Lipinski definition) is 1. The number of aromatic nitrogens is 2. The van der Waals surface area contributed by atoms with Gasteiger partial charge >= 0.3 is 7.60 Å². The second-order valence-corrected chi connectivity index (χ2v) is 6.15. The Morgan fingerprint density at radius 2 is 1.76 bits per heavy atom. The fraction of sp³-hybridized carbons (Fsp3) is 0.357. The van der Waals surface area contributed by atoms with Crippen molar-refractivity contribution in [2.75, 3.05) is 20.3 Å². The number of nitrogens with zero attached hydrogens (tertiary/aromatic N) is 1. The molecule has 1 heterocycles. The summed E-state index contributed by atoms with van der Waals surface area (Å²) in [5.41, 5.74) is 1.93. The minimum Gasteiger partial charge on any atom is -0.497 e. The van der Waals surface area contributed by atoms with Gasteiger partial charge in [0.1, 0.15) is 5.75 Å². The molecule has 1 N–H and O–H groups in total. The minimum absolute atomic E-state index is 0.290. The Kier molecular flexibility index (Phi) is 5.17. The maximum absolute atomic E-state index is 12.9. The highest BCUT2D eigenvalue weighted by molar-refractivity contribution is 7.62. The highest BCUT2D eigenvalue weighted by Gasteiger charge is 2.32. The number of ether oxygens (including phenoxy) is 1. The Bertz CT molecular complexity index is 614. The zero-order valence-corrected chi connectivity index (χ0v) is 13.2. The van der Waals surface area contributed by atoms with Crippen LogP contribution in [0.5, 0.6) is 5.75 Å². The summed E-state index contributed by atoms with van der Waals surface area (Å²) in [5.74, 6) is 0.751. The van der Waals surface area contributed by atoms with Crippen LogP contribution in [0.4, 0.5) is 0 Å². The molecule has 2 rings (SSSR count). The quantitative estimate of drug-likeness (QED) is 0.796. The van der Waals surface area contributed by atoms with E-state index in [0.29, 0.717) is 24.2 Å². The van der Waals surface area contributed by atoms with E-state index in [1.54, 1.807) is 27.2 Å². The Morgan fingerprint density at radius 1 is 1.14 bits per heavy atom. The van der Waals surface area contributed by atoms with Gasteiger partial charge in [0.05, 0.1) is 26.5 Å². The van der Waals surface area contributed by atoms with E-state index < -0.39 is 7.60 Å². The molecule has 0 aliphatic heterocycles. The molecule has 0 aliphatic carbocycles. The number of benzene rings is 1. The summed E-state index contributed by atoms with van der Waals surface area (Å²) < 4.78 is 28.7. The average molecular weight is 310 g/mol. The predicted molar refractivity (Wildman–Crippen MR) is 81.1 cm³/mol. The van der Waals surface area contributed by atoms with Crippen molar-refractivity contribution in [3.63, 3.8) is 0 Å². The summed E-state index contributed by atoms with van der Waals surface area (Å²) in [7, 11) is -1.79. The Balaban J connectivity index is 2.42. The highest BCUT2D eigenvalue weighted by Crippen LogP contribution is 2.48. The van der Waals surface area contributed by atoms with Crippen LogP contribution in [0.1, 0.15) is 13.8 Å². The first-order valence-corrected chi connectivity index (χ1v) is 8.26. The van der Waals surface area contributed by atoms with Gasteiger partial charge in [-0.2, -0.15) is 5.10 Å². The molecule has 21 heavy (non-hydrogen) atoms. The van der Waals surface area contributed by atoms with E-state index in [-0.39, 0.29) is 0 Å². The third kappa shape index (κ3) is 3.35. The van der Waals surface area contributed by atoms with Gasteiger partial charge in [-0.15, -0.1) is 0 Å². The van der Waals surface area contributed by atoms with Crippen LogP contribution in [-0.2, 0) is 13.6 Å². The normalized spacial score (nSPS) is 11.6. The van der Waals surface area contributed by atoms with E-state index in [0.717, 1.165) is 11.3 Å². The van der Waals surface area contributed by atoms with Gasteiger partial charge in [0, 0.05) is 5.56 Å². The zero-order valence-electron chi connectivity index (χ0n) is 12.3. The lowest BCUT2D eigenvalue weighted by molar-refractivity contribution is 0.229. The molecule has 1 aromatic heterocycles. The molecule has 2 aromatic rings. The third-order valence-electron chi connectivity index (χ3n) is 2.89. The SMILES string of the molecule is CCOP(=O)(OCC)c1[nH]ncc1-c1ccc(OC)cc1. The molecule has 1 aromatic carbocycles. The number of H-pyrrole nitrogens is 1. The van der Waals surface area contributed by atoms with Crippen LogP contribution in [0.3, 0.4) is 0 Å². The molecule has 0 saturated carbocycles. The van der Waals surface area contributed by atoms with Crippen LogP contribution in [0.2, 0.25) is 0 Å². The summed E-state index contributed by atoms with van der Waals surface area (Å²) in [6.45, 7) is 4.13. The van der Waals surface area contributed by atoms with Gasteiger partial charge in [-0.3, -0.25) is 9.66 Å². The molecule has 6 nitrogen and oxygen atoms in total. The molecule has 0 amide bonds. The van der Waals surface area contributed by atoms with Gasteiger partial charge < -0.3 is 13.8 Å². The standard InChI is InChI=1S/C14H19N2O4P/c1-4-19-21(17,20-5-2)14-13(10-15-16-14)11-6-8-12(18-3)9-7-11/h6-10H,4-5H2,1-3H3,(H,15,16). The number of rotatable bonds is 7. The van der Waals surface area contributed by atoms with E-state index in [1.807, 2.05) is 24.3 Å². The van der Waals surface area contributed by atoms with Crippen LogP contribution < -0.4 is 10.2 Å². The molecule has 0 radical (unpaired) electrons. The first kappa shape index (κ1) is 15.8. The molecule has 0 fully saturated rings. The lowest BCUT2D eigenvalue weighted by Gasteiger charge is -2.16. The van der Waals surface area contributed by atoms with E-state index >= 15 is 0 Å². The molecule has 0 saturated heterocycles. The summed E-state index contributed by atoms with van der Waals surface area (Å²) >= 11 is 0. The monoisotopic (exact) mass is 310 g/mol. The van der Waals surface area contributed by atoms with Gasteiger partial charge in [-0.25, -0.2) is 0 Å². The lowest BCUT2D eigenvalue weighted by Crippen LogP contribution is -2.14. The molecular formula is C14H19N2O4P. The number of aromatic amines is 1. The fourth-order valence-corrected chi connectivity index (χ4v) is 3.65. The van der Waals surface area contributed by atoms with Crippen molar-refractivity contribution in [3.05, 3.63) is 30.5 Å². The number of nitrogens with one attached hydrogen (secondary N) is 1. The Labute approximate surface area is 124 Å². The maximum Gasteiger partial charge on any atom is 0.379 e. The number of methoxy groups -OCH3 is 1. The highest BCUT2D eigenvalue weighted by atomic mass is 31.2. The Hall–Kier alpha value is -1.62. The van der Waals surface area contributed by atoms with Crippen molar-refractivity contribution in [2.24, 2.45) is 0 Å². The summed E-state index contributed by atoms with van der Waals surface area (Å²) in [4.78, 5) is 0. The molecule has 114 valence electrons. The van der Waals surface area contributed by atoms with Crippen molar-refractivity contribution < 1.29 is 18.3 Å². The summed E-state index contributed by atoms with van der Waals surface area (Å²) in [6, 6.07) is 7.40. The van der Waals surface area contributed by atoms with Gasteiger partial charge in [-0.1, -0.05) is 12.1 Å². The van der Waals surface area contributed by atoms with Crippen molar-refractivity contribution in [1.82, 2.24) is 10.2 Å². The molecule has 0 aliphatic rings. The average Bonchev–Trinajstić information content (AvgIpc) is 2.98. The molecule has 0 bridgehead atoms. The first-order valence-electron chi connectivity index (χ1n) is 6.72. The van der Waals surface area contributed by atoms with Gasteiger partial charge in [-0.05, 0) is 31.5 Å². The van der Waals surface area contributed by atoms with Gasteiger partial charge in [0.2, 0.25) is 0 Å². The van der Waals surface area contributed by atoms with E-state index in [1.165, 1.54) is 0 Å². The predicted octanol–water partition coefficient (Wildman–Crippen LogP) is 2.98. The van der Waals surface area contributed by atoms with Crippen LogP contribution in [-0.4, -0.2) is 30.5 Å². The zero-order chi connectivity index (χ0) is 15.3. The van der Waals surface area contributed by atoms with Crippen molar-refractivity contribution in [2.45, 2.75) is 13.8 Å². The fourth-order valence-electron chi connectivity index (χ4n) is 1.98. The molecular weight excluding hydrogens is 291 g/mol.